The van der Waals surface area contributed by atoms with Gasteiger partial charge in [-0.15, -0.1) is 0 Å². The van der Waals surface area contributed by atoms with E-state index < -0.39 is 0 Å². The van der Waals surface area contributed by atoms with Gasteiger partial charge in [-0.1, -0.05) is 6.07 Å². The normalized spacial score (nSPS) is 23.7. The van der Waals surface area contributed by atoms with Crippen molar-refractivity contribution in [2.45, 2.75) is 37.2 Å². The molecule has 28 heavy (non-hydrogen) atoms. The molecule has 2 atom stereocenters. The average Bonchev–Trinajstić information content (AvgIpc) is 3.24. The number of carbonyl (C=O) groups is 1. The number of hydrogen-bond acceptors (Lipinski definition) is 5. The van der Waals surface area contributed by atoms with E-state index in [1.165, 1.54) is 6.42 Å². The minimum absolute atomic E-state index is 0.0144. The molecule has 3 aromatic rings. The summed E-state index contributed by atoms with van der Waals surface area (Å²) in [6, 6.07) is 7.17. The molecule has 1 aliphatic carbocycles. The summed E-state index contributed by atoms with van der Waals surface area (Å²) in [5, 5.41) is 2.80. The number of hydrogen-bond donors (Lipinski definition) is 1. The first-order valence-corrected chi connectivity index (χ1v) is 9.61. The highest BCUT2D eigenvalue weighted by molar-refractivity contribution is 6.05. The quantitative estimate of drug-likeness (QED) is 0.753. The summed E-state index contributed by atoms with van der Waals surface area (Å²) in [5.74, 6) is 1.04. The Morgan fingerprint density at radius 2 is 2.29 bits per heavy atom. The third-order valence-corrected chi connectivity index (χ3v) is 5.71. The Labute approximate surface area is 162 Å². The molecule has 7 heteroatoms. The molecule has 7 nitrogen and oxygen atoms in total. The molecule has 3 aromatic heterocycles. The van der Waals surface area contributed by atoms with Gasteiger partial charge in [0.15, 0.2) is 0 Å². The first kappa shape index (κ1) is 17.2. The van der Waals surface area contributed by atoms with E-state index in [0.717, 1.165) is 37.2 Å². The molecule has 1 spiro atoms. The zero-order valence-corrected chi connectivity index (χ0v) is 15.7. The fourth-order valence-electron chi connectivity index (χ4n) is 4.13. The van der Waals surface area contributed by atoms with Crippen molar-refractivity contribution in [2.24, 2.45) is 0 Å². The van der Waals surface area contributed by atoms with Crippen molar-refractivity contribution in [3.8, 4) is 5.75 Å². The lowest BCUT2D eigenvalue weighted by Crippen LogP contribution is -2.22. The number of nitrogens with zero attached hydrogens (tertiary/aromatic N) is 3. The summed E-state index contributed by atoms with van der Waals surface area (Å²) in [7, 11) is 1.55. The van der Waals surface area contributed by atoms with Gasteiger partial charge in [-0.2, -0.15) is 0 Å². The molecule has 2 unspecified atom stereocenters. The minimum atomic E-state index is -0.272. The van der Waals surface area contributed by atoms with Gasteiger partial charge in [0.25, 0.3) is 5.91 Å². The number of methoxy groups -OCH3 is 1. The molecule has 1 saturated heterocycles. The summed E-state index contributed by atoms with van der Waals surface area (Å²) in [5.41, 5.74) is 2.20. The number of anilines is 1. The van der Waals surface area contributed by atoms with E-state index in [0.29, 0.717) is 23.0 Å². The molecule has 1 amide bonds. The molecule has 1 saturated carbocycles. The molecular formula is C21H22N4O3. The van der Waals surface area contributed by atoms with Gasteiger partial charge in [-0.05, 0) is 37.8 Å². The second-order valence-corrected chi connectivity index (χ2v) is 7.48. The summed E-state index contributed by atoms with van der Waals surface area (Å²) >= 11 is 0. The largest absolute Gasteiger partial charge is 0.496 e. The van der Waals surface area contributed by atoms with Crippen LogP contribution in [0.15, 0.2) is 42.9 Å². The first-order valence-electron chi connectivity index (χ1n) is 9.61. The number of nitrogens with one attached hydrogen (secondary N) is 1. The third-order valence-electron chi connectivity index (χ3n) is 5.71. The van der Waals surface area contributed by atoms with E-state index in [1.54, 1.807) is 37.7 Å². The van der Waals surface area contributed by atoms with Crippen LogP contribution in [-0.4, -0.2) is 39.6 Å². The lowest BCUT2D eigenvalue weighted by Gasteiger charge is -2.23. The molecule has 1 aliphatic heterocycles. The molecule has 4 heterocycles. The van der Waals surface area contributed by atoms with Crippen LogP contribution in [0.2, 0.25) is 0 Å². The number of imidazole rings is 1. The van der Waals surface area contributed by atoms with Gasteiger partial charge in [-0.25, -0.2) is 9.97 Å². The van der Waals surface area contributed by atoms with E-state index in [4.69, 9.17) is 14.5 Å². The number of amides is 1. The zero-order chi connectivity index (χ0) is 19.1. The number of pyridine rings is 2. The molecule has 1 N–H and O–H groups in total. The van der Waals surface area contributed by atoms with Crippen LogP contribution >= 0.6 is 0 Å². The Bertz CT molecular complexity index is 1020. The molecule has 5 rings (SSSR count). The fourth-order valence-corrected chi connectivity index (χ4v) is 4.13. The van der Waals surface area contributed by atoms with E-state index in [9.17, 15) is 4.79 Å². The molecular weight excluding hydrogens is 356 g/mol. The van der Waals surface area contributed by atoms with Crippen molar-refractivity contribution < 1.29 is 14.3 Å². The zero-order valence-electron chi connectivity index (χ0n) is 15.7. The van der Waals surface area contributed by atoms with E-state index in [2.05, 4.69) is 10.3 Å². The van der Waals surface area contributed by atoms with Crippen molar-refractivity contribution in [3.05, 3.63) is 54.1 Å². The molecule has 0 bridgehead atoms. The van der Waals surface area contributed by atoms with Crippen molar-refractivity contribution in [1.29, 1.82) is 0 Å². The van der Waals surface area contributed by atoms with Gasteiger partial charge in [0, 0.05) is 37.2 Å². The molecule has 144 valence electrons. The van der Waals surface area contributed by atoms with Crippen molar-refractivity contribution >= 4 is 17.4 Å². The maximum atomic E-state index is 12.7. The average molecular weight is 378 g/mol. The van der Waals surface area contributed by atoms with Crippen molar-refractivity contribution in [3.63, 3.8) is 0 Å². The SMILES string of the molecule is COc1cc2nc(C3CC34CCCCO4)cn2cc1C(=O)Nc1ccccn1. The summed E-state index contributed by atoms with van der Waals surface area (Å²) in [4.78, 5) is 21.7. The molecule has 2 fully saturated rings. The Morgan fingerprint density at radius 3 is 3.04 bits per heavy atom. The van der Waals surface area contributed by atoms with E-state index in [-0.39, 0.29) is 11.5 Å². The fraction of sp³-hybridized carbons (Fsp3) is 0.381. The van der Waals surface area contributed by atoms with Gasteiger partial charge in [0.2, 0.25) is 0 Å². The Balaban J connectivity index is 1.45. The van der Waals surface area contributed by atoms with Gasteiger partial charge < -0.3 is 19.2 Å². The third kappa shape index (κ3) is 2.92. The summed E-state index contributed by atoms with van der Waals surface area (Å²) in [6.45, 7) is 0.843. The standard InChI is InChI=1S/C21H22N4O3/c1-27-17-10-19-23-16(15-11-21(15)7-3-5-9-28-21)13-25(19)12-14(17)20(26)24-18-6-2-4-8-22-18/h2,4,6,8,10,12-13,15H,3,5,7,9,11H2,1H3,(H,22,24,26). The monoisotopic (exact) mass is 378 g/mol. The van der Waals surface area contributed by atoms with Gasteiger partial charge in [0.05, 0.1) is 24.0 Å². The van der Waals surface area contributed by atoms with Crippen LogP contribution in [0.1, 0.15) is 47.7 Å². The van der Waals surface area contributed by atoms with Crippen LogP contribution in [0.25, 0.3) is 5.65 Å². The molecule has 0 aromatic carbocycles. The minimum Gasteiger partial charge on any atom is -0.496 e. The van der Waals surface area contributed by atoms with Crippen LogP contribution in [0, 0.1) is 0 Å². The van der Waals surface area contributed by atoms with E-state index >= 15 is 0 Å². The number of ether oxygens (including phenoxy) is 2. The van der Waals surface area contributed by atoms with Gasteiger partial charge in [0.1, 0.15) is 17.2 Å². The van der Waals surface area contributed by atoms with Crippen LogP contribution in [0.5, 0.6) is 5.75 Å². The highest BCUT2D eigenvalue weighted by atomic mass is 16.5. The number of rotatable bonds is 4. The smallest absolute Gasteiger partial charge is 0.262 e. The highest BCUT2D eigenvalue weighted by Gasteiger charge is 2.57. The maximum Gasteiger partial charge on any atom is 0.262 e. The van der Waals surface area contributed by atoms with Crippen molar-refractivity contribution in [1.82, 2.24) is 14.4 Å². The highest BCUT2D eigenvalue weighted by Crippen LogP contribution is 2.58. The molecule has 2 aliphatic rings. The van der Waals surface area contributed by atoms with Crippen molar-refractivity contribution in [2.75, 3.05) is 19.0 Å². The maximum absolute atomic E-state index is 12.7. The van der Waals surface area contributed by atoms with Crippen LogP contribution < -0.4 is 10.1 Å². The number of fused-ring (bicyclic) bond motifs is 1. The topological polar surface area (TPSA) is 77.8 Å². The predicted molar refractivity (Wildman–Crippen MR) is 104 cm³/mol. The van der Waals surface area contributed by atoms with Gasteiger partial charge >= 0.3 is 0 Å². The second-order valence-electron chi connectivity index (χ2n) is 7.48. The summed E-state index contributed by atoms with van der Waals surface area (Å²) in [6.07, 6.45) is 9.90. The molecule has 0 radical (unpaired) electrons. The Hall–Kier alpha value is -2.93. The lowest BCUT2D eigenvalue weighted by molar-refractivity contribution is -0.00870. The van der Waals surface area contributed by atoms with E-state index in [1.807, 2.05) is 16.7 Å². The second kappa shape index (κ2) is 6.60. The Kier molecular flexibility index (Phi) is 4.05. The number of carbonyl (C=O) groups excluding carboxylic acids is 1. The summed E-state index contributed by atoms with van der Waals surface area (Å²) < 4.78 is 13.4. The lowest BCUT2D eigenvalue weighted by atomic mass is 10.0. The predicted octanol–water partition coefficient (Wildman–Crippen LogP) is 3.42. The Morgan fingerprint density at radius 1 is 1.36 bits per heavy atom. The van der Waals surface area contributed by atoms with Crippen LogP contribution in [-0.2, 0) is 4.74 Å². The van der Waals surface area contributed by atoms with Crippen LogP contribution in [0.3, 0.4) is 0 Å². The van der Waals surface area contributed by atoms with Gasteiger partial charge in [-0.3, -0.25) is 4.79 Å². The first-order chi connectivity index (χ1) is 13.7. The number of aromatic nitrogens is 3. The van der Waals surface area contributed by atoms with Crippen LogP contribution in [0.4, 0.5) is 5.82 Å².